The van der Waals surface area contributed by atoms with Crippen molar-refractivity contribution in [2.75, 3.05) is 26.7 Å². The molecule has 1 aliphatic heterocycles. The van der Waals surface area contributed by atoms with Crippen molar-refractivity contribution in [1.82, 2.24) is 9.62 Å². The summed E-state index contributed by atoms with van der Waals surface area (Å²) < 4.78 is 40.5. The van der Waals surface area contributed by atoms with Crippen LogP contribution in [0.3, 0.4) is 0 Å². The van der Waals surface area contributed by atoms with E-state index in [-0.39, 0.29) is 17.4 Å². The van der Waals surface area contributed by atoms with Crippen LogP contribution in [0.25, 0.3) is 0 Å². The molecule has 1 aromatic rings. The first kappa shape index (κ1) is 15.4. The quantitative estimate of drug-likeness (QED) is 0.831. The Morgan fingerprint density at radius 3 is 2.80 bits per heavy atom. The van der Waals surface area contributed by atoms with Crippen molar-refractivity contribution in [3.05, 3.63) is 29.6 Å². The van der Waals surface area contributed by atoms with Crippen molar-refractivity contribution in [2.45, 2.75) is 17.9 Å². The van der Waals surface area contributed by atoms with E-state index in [1.165, 1.54) is 12.1 Å². The molecule has 1 aliphatic rings. The van der Waals surface area contributed by atoms with Gasteiger partial charge in [-0.15, -0.1) is 0 Å². The van der Waals surface area contributed by atoms with Crippen LogP contribution in [-0.4, -0.2) is 40.0 Å². The van der Waals surface area contributed by atoms with Gasteiger partial charge in [0.15, 0.2) is 0 Å². The Bertz CT molecular complexity index is 577. The van der Waals surface area contributed by atoms with Crippen LogP contribution in [0.1, 0.15) is 12.0 Å². The normalized spacial score (nSPS) is 20.4. The molecular weight excluding hydrogens is 281 g/mol. The number of rotatable bonds is 5. The van der Waals surface area contributed by atoms with Gasteiger partial charge in [0.2, 0.25) is 10.0 Å². The zero-order chi connectivity index (χ0) is 14.8. The van der Waals surface area contributed by atoms with Crippen LogP contribution in [-0.2, 0) is 16.6 Å². The van der Waals surface area contributed by atoms with E-state index in [0.29, 0.717) is 12.1 Å². The summed E-state index contributed by atoms with van der Waals surface area (Å²) in [7, 11) is -1.81. The van der Waals surface area contributed by atoms with E-state index in [4.69, 9.17) is 5.73 Å². The Balaban J connectivity index is 2.06. The summed E-state index contributed by atoms with van der Waals surface area (Å²) in [6, 6.07) is 3.96. The zero-order valence-corrected chi connectivity index (χ0v) is 12.3. The number of sulfonamides is 1. The van der Waals surface area contributed by atoms with Crippen LogP contribution in [0.2, 0.25) is 0 Å². The average Bonchev–Trinajstić information content (AvgIpc) is 2.82. The largest absolute Gasteiger partial charge is 0.326 e. The second-order valence-corrected chi connectivity index (χ2v) is 6.97. The van der Waals surface area contributed by atoms with Gasteiger partial charge in [0.25, 0.3) is 0 Å². The molecule has 20 heavy (non-hydrogen) atoms. The van der Waals surface area contributed by atoms with Crippen molar-refractivity contribution in [2.24, 2.45) is 11.7 Å². The van der Waals surface area contributed by atoms with Crippen LogP contribution < -0.4 is 10.5 Å². The number of halogens is 1. The van der Waals surface area contributed by atoms with Gasteiger partial charge in [-0.1, -0.05) is 6.07 Å². The van der Waals surface area contributed by atoms with Crippen LogP contribution >= 0.6 is 0 Å². The minimum absolute atomic E-state index is 0.180. The fourth-order valence-corrected chi connectivity index (χ4v) is 3.56. The molecule has 7 heteroatoms. The predicted molar refractivity (Wildman–Crippen MR) is 75.1 cm³/mol. The first-order chi connectivity index (χ1) is 9.42. The van der Waals surface area contributed by atoms with Crippen molar-refractivity contribution in [3.63, 3.8) is 0 Å². The topological polar surface area (TPSA) is 75.4 Å². The monoisotopic (exact) mass is 301 g/mol. The molecule has 0 saturated carbocycles. The fraction of sp³-hybridized carbons (Fsp3) is 0.538. The van der Waals surface area contributed by atoms with Gasteiger partial charge in [0, 0.05) is 19.6 Å². The molecule has 0 spiro atoms. The van der Waals surface area contributed by atoms with Gasteiger partial charge in [0.1, 0.15) is 10.7 Å². The van der Waals surface area contributed by atoms with Crippen molar-refractivity contribution < 1.29 is 12.8 Å². The molecule has 1 unspecified atom stereocenters. The van der Waals surface area contributed by atoms with Gasteiger partial charge in [-0.2, -0.15) is 0 Å². The second-order valence-electron chi connectivity index (χ2n) is 5.24. The number of nitrogens with one attached hydrogen (secondary N) is 1. The molecule has 0 bridgehead atoms. The molecular formula is C13H20FN3O2S. The predicted octanol–water partition coefficient (Wildman–Crippen LogP) is 0.514. The van der Waals surface area contributed by atoms with Crippen LogP contribution in [0.5, 0.6) is 0 Å². The molecule has 2 rings (SSSR count). The zero-order valence-electron chi connectivity index (χ0n) is 11.5. The Labute approximate surface area is 119 Å². The van der Waals surface area contributed by atoms with Gasteiger partial charge in [-0.3, -0.25) is 0 Å². The number of benzene rings is 1. The van der Waals surface area contributed by atoms with Crippen molar-refractivity contribution in [3.8, 4) is 0 Å². The highest BCUT2D eigenvalue weighted by molar-refractivity contribution is 7.89. The first-order valence-corrected chi connectivity index (χ1v) is 8.07. The number of hydrogen-bond acceptors (Lipinski definition) is 4. The number of nitrogens with two attached hydrogens (primary N) is 1. The Morgan fingerprint density at radius 2 is 2.25 bits per heavy atom. The molecule has 0 amide bonds. The molecule has 1 fully saturated rings. The average molecular weight is 301 g/mol. The highest BCUT2D eigenvalue weighted by atomic mass is 32.2. The third-order valence-electron chi connectivity index (χ3n) is 3.57. The lowest BCUT2D eigenvalue weighted by Gasteiger charge is -2.13. The third kappa shape index (κ3) is 3.54. The summed E-state index contributed by atoms with van der Waals surface area (Å²) in [5, 5.41) is 0. The summed E-state index contributed by atoms with van der Waals surface area (Å²) in [4.78, 5) is 1.83. The maximum Gasteiger partial charge on any atom is 0.243 e. The van der Waals surface area contributed by atoms with Gasteiger partial charge in [0.05, 0.1) is 0 Å². The highest BCUT2D eigenvalue weighted by Crippen LogP contribution is 2.18. The molecule has 1 saturated heterocycles. The van der Waals surface area contributed by atoms with Crippen LogP contribution in [0.4, 0.5) is 4.39 Å². The van der Waals surface area contributed by atoms with Gasteiger partial charge < -0.3 is 10.6 Å². The highest BCUT2D eigenvalue weighted by Gasteiger charge is 2.24. The van der Waals surface area contributed by atoms with E-state index in [2.05, 4.69) is 9.62 Å². The first-order valence-electron chi connectivity index (χ1n) is 6.59. The lowest BCUT2D eigenvalue weighted by Crippen LogP contribution is -2.31. The Hall–Kier alpha value is -1.02. The number of hydrogen-bond donors (Lipinski definition) is 2. The summed E-state index contributed by atoms with van der Waals surface area (Å²) in [6.07, 6.45) is 0.952. The van der Waals surface area contributed by atoms with E-state index in [1.807, 2.05) is 7.05 Å². The molecule has 5 nitrogen and oxygen atoms in total. The maximum absolute atomic E-state index is 13.8. The van der Waals surface area contributed by atoms with Crippen LogP contribution in [0.15, 0.2) is 23.1 Å². The maximum atomic E-state index is 13.8. The van der Waals surface area contributed by atoms with E-state index in [1.54, 1.807) is 0 Å². The molecule has 3 N–H and O–H groups in total. The number of likely N-dealkylation sites (tertiary alicyclic amines) is 1. The van der Waals surface area contributed by atoms with E-state index in [9.17, 15) is 12.8 Å². The molecule has 0 radical (unpaired) electrons. The minimum atomic E-state index is -3.81. The summed E-state index contributed by atoms with van der Waals surface area (Å²) >= 11 is 0. The minimum Gasteiger partial charge on any atom is -0.326 e. The molecule has 112 valence electrons. The number of nitrogens with zero attached hydrogens (tertiary/aromatic N) is 1. The molecule has 0 aromatic heterocycles. The van der Waals surface area contributed by atoms with Gasteiger partial charge in [-0.25, -0.2) is 17.5 Å². The standard InChI is InChI=1S/C13H20FN3O2S/c1-17-5-4-11(9-17)8-16-20(18,19)13-3-2-10(7-15)6-12(13)14/h2-3,6,11,16H,4-5,7-9,15H2,1H3. The molecule has 1 heterocycles. The van der Waals surface area contributed by atoms with Crippen molar-refractivity contribution in [1.29, 1.82) is 0 Å². The van der Waals surface area contributed by atoms with Crippen LogP contribution in [0, 0.1) is 11.7 Å². The summed E-state index contributed by atoms with van der Waals surface area (Å²) in [5.41, 5.74) is 5.96. The Kier molecular flexibility index (Phi) is 4.74. The summed E-state index contributed by atoms with van der Waals surface area (Å²) in [5.74, 6) is -0.481. The lowest BCUT2D eigenvalue weighted by atomic mass is 10.1. The molecule has 0 aliphatic carbocycles. The van der Waals surface area contributed by atoms with Gasteiger partial charge >= 0.3 is 0 Å². The molecule has 1 atom stereocenters. The Morgan fingerprint density at radius 1 is 1.50 bits per heavy atom. The second kappa shape index (κ2) is 6.17. The summed E-state index contributed by atoms with van der Waals surface area (Å²) in [6.45, 7) is 2.34. The van der Waals surface area contributed by atoms with E-state index in [0.717, 1.165) is 25.6 Å². The van der Waals surface area contributed by atoms with Gasteiger partial charge in [-0.05, 0) is 43.6 Å². The molecule has 1 aromatic carbocycles. The smallest absolute Gasteiger partial charge is 0.243 e. The SMILES string of the molecule is CN1CCC(CNS(=O)(=O)c2ccc(CN)cc2F)C1. The third-order valence-corrected chi connectivity index (χ3v) is 5.03. The van der Waals surface area contributed by atoms with E-state index < -0.39 is 15.8 Å². The van der Waals surface area contributed by atoms with Crippen molar-refractivity contribution >= 4 is 10.0 Å². The fourth-order valence-electron chi connectivity index (χ4n) is 2.39. The lowest BCUT2D eigenvalue weighted by molar-refractivity contribution is 0.394. The van der Waals surface area contributed by atoms with E-state index >= 15 is 0 Å².